The fourth-order valence-corrected chi connectivity index (χ4v) is 3.58. The summed E-state index contributed by atoms with van der Waals surface area (Å²) in [4.78, 5) is 14.7. The van der Waals surface area contributed by atoms with Gasteiger partial charge in [0, 0.05) is 17.8 Å². The predicted molar refractivity (Wildman–Crippen MR) is 110 cm³/mol. The maximum atomic E-state index is 12.6. The third-order valence-corrected chi connectivity index (χ3v) is 5.08. The zero-order valence-corrected chi connectivity index (χ0v) is 17.0. The van der Waals surface area contributed by atoms with Gasteiger partial charge in [-0.05, 0) is 62.0 Å². The van der Waals surface area contributed by atoms with Crippen molar-refractivity contribution in [2.24, 2.45) is 0 Å². The van der Waals surface area contributed by atoms with Gasteiger partial charge in [-0.1, -0.05) is 0 Å². The Bertz CT molecular complexity index is 997. The van der Waals surface area contributed by atoms with Crippen molar-refractivity contribution in [1.29, 1.82) is 0 Å². The molecule has 152 valence electrons. The van der Waals surface area contributed by atoms with Gasteiger partial charge in [0.05, 0.1) is 19.8 Å². The number of carbonyl (C=O) groups excluding carboxylic acids is 1. The first-order chi connectivity index (χ1) is 14.0. The summed E-state index contributed by atoms with van der Waals surface area (Å²) in [6.45, 7) is 1.01. The first-order valence-electron chi connectivity index (χ1n) is 9.37. The molecule has 0 bridgehead atoms. The average Bonchev–Trinajstić information content (AvgIpc) is 3.30. The number of nitrogens with zero attached hydrogens (tertiary/aromatic N) is 1. The minimum absolute atomic E-state index is 0.127. The number of ether oxygens (including phenoxy) is 4. The molecule has 0 spiro atoms. The van der Waals surface area contributed by atoms with Crippen molar-refractivity contribution in [3.05, 3.63) is 46.5 Å². The standard InChI is InChI=1S/C22H24N2O5/c1-24(2)8-7-13-10-18(26-3)19(27-4)11-14(13)9-16-15-5-6-17-21(29-12-28-17)20(15)22(25)23-16/h5-6,9-11H,7-8,12H2,1-4H3,(H,23,25). The average molecular weight is 396 g/mol. The molecule has 0 atom stereocenters. The summed E-state index contributed by atoms with van der Waals surface area (Å²) in [6.07, 6.45) is 2.80. The molecule has 2 aromatic carbocycles. The summed E-state index contributed by atoms with van der Waals surface area (Å²) < 4.78 is 21.9. The molecular weight excluding hydrogens is 372 g/mol. The van der Waals surface area contributed by atoms with Gasteiger partial charge in [-0.15, -0.1) is 0 Å². The number of likely N-dealkylation sites (N-methyl/N-ethyl adjacent to an activating group) is 1. The van der Waals surface area contributed by atoms with Crippen LogP contribution in [0.5, 0.6) is 23.0 Å². The van der Waals surface area contributed by atoms with Gasteiger partial charge in [0.25, 0.3) is 5.91 Å². The molecule has 0 aliphatic carbocycles. The molecular formula is C22H24N2O5. The molecule has 2 aliphatic rings. The topological polar surface area (TPSA) is 69.3 Å². The van der Waals surface area contributed by atoms with E-state index in [9.17, 15) is 4.79 Å². The maximum Gasteiger partial charge on any atom is 0.260 e. The number of amides is 1. The molecule has 0 radical (unpaired) electrons. The van der Waals surface area contributed by atoms with Crippen LogP contribution in [0.15, 0.2) is 24.3 Å². The summed E-state index contributed by atoms with van der Waals surface area (Å²) in [5.74, 6) is 2.23. The lowest BCUT2D eigenvalue weighted by atomic mass is 9.99. The highest BCUT2D eigenvalue weighted by atomic mass is 16.7. The number of benzene rings is 2. The third kappa shape index (κ3) is 3.49. The molecule has 2 heterocycles. The molecule has 2 aromatic rings. The fraction of sp³-hybridized carbons (Fsp3) is 0.318. The summed E-state index contributed by atoms with van der Waals surface area (Å²) in [5, 5.41) is 2.96. The van der Waals surface area contributed by atoms with Crippen LogP contribution in [0, 0.1) is 0 Å². The normalized spacial score (nSPS) is 15.6. The smallest absolute Gasteiger partial charge is 0.260 e. The number of carbonyl (C=O) groups is 1. The third-order valence-electron chi connectivity index (χ3n) is 5.08. The molecule has 7 heteroatoms. The number of nitrogens with one attached hydrogen (secondary N) is 1. The molecule has 0 unspecified atom stereocenters. The second-order valence-electron chi connectivity index (χ2n) is 7.19. The molecule has 0 saturated heterocycles. The van der Waals surface area contributed by atoms with Gasteiger partial charge in [0.15, 0.2) is 23.0 Å². The molecule has 7 nitrogen and oxygen atoms in total. The minimum Gasteiger partial charge on any atom is -0.493 e. The first kappa shape index (κ1) is 19.1. The largest absolute Gasteiger partial charge is 0.493 e. The maximum absolute atomic E-state index is 12.6. The molecule has 1 N–H and O–H groups in total. The molecule has 0 saturated carbocycles. The van der Waals surface area contributed by atoms with E-state index >= 15 is 0 Å². The molecule has 29 heavy (non-hydrogen) atoms. The summed E-state index contributed by atoms with van der Waals surface area (Å²) in [6, 6.07) is 7.64. The van der Waals surface area contributed by atoms with E-state index in [1.165, 1.54) is 0 Å². The fourth-order valence-electron chi connectivity index (χ4n) is 3.58. The molecule has 0 aromatic heterocycles. The van der Waals surface area contributed by atoms with E-state index in [0.29, 0.717) is 28.6 Å². The van der Waals surface area contributed by atoms with Crippen LogP contribution in [0.4, 0.5) is 0 Å². The Morgan fingerprint density at radius 1 is 1.14 bits per heavy atom. The zero-order valence-electron chi connectivity index (χ0n) is 17.0. The van der Waals surface area contributed by atoms with Crippen LogP contribution in [0.2, 0.25) is 0 Å². The first-order valence-corrected chi connectivity index (χ1v) is 9.37. The van der Waals surface area contributed by atoms with E-state index in [4.69, 9.17) is 18.9 Å². The van der Waals surface area contributed by atoms with Crippen molar-refractivity contribution in [1.82, 2.24) is 10.2 Å². The lowest BCUT2D eigenvalue weighted by Crippen LogP contribution is -2.16. The second kappa shape index (κ2) is 7.67. The van der Waals surface area contributed by atoms with Crippen LogP contribution in [0.25, 0.3) is 11.8 Å². The Morgan fingerprint density at radius 2 is 1.90 bits per heavy atom. The van der Waals surface area contributed by atoms with Gasteiger partial charge >= 0.3 is 0 Å². The van der Waals surface area contributed by atoms with Gasteiger partial charge < -0.3 is 29.2 Å². The lowest BCUT2D eigenvalue weighted by molar-refractivity contribution is 0.0976. The van der Waals surface area contributed by atoms with E-state index < -0.39 is 0 Å². The molecule has 2 aliphatic heterocycles. The molecule has 4 rings (SSSR count). The summed E-state index contributed by atoms with van der Waals surface area (Å²) in [5.41, 5.74) is 4.10. The van der Waals surface area contributed by atoms with Gasteiger partial charge in [-0.25, -0.2) is 0 Å². The van der Waals surface area contributed by atoms with Crippen LogP contribution >= 0.6 is 0 Å². The van der Waals surface area contributed by atoms with Crippen molar-refractivity contribution < 1.29 is 23.7 Å². The Labute approximate surface area is 169 Å². The van der Waals surface area contributed by atoms with Gasteiger partial charge in [0.1, 0.15) is 0 Å². The zero-order chi connectivity index (χ0) is 20.5. The van der Waals surface area contributed by atoms with Gasteiger partial charge in [-0.2, -0.15) is 0 Å². The van der Waals surface area contributed by atoms with E-state index in [-0.39, 0.29) is 12.7 Å². The highest BCUT2D eigenvalue weighted by Crippen LogP contribution is 2.42. The van der Waals surface area contributed by atoms with E-state index in [0.717, 1.165) is 35.4 Å². The quantitative estimate of drug-likeness (QED) is 0.810. The van der Waals surface area contributed by atoms with E-state index in [1.807, 2.05) is 44.4 Å². The number of hydrogen-bond acceptors (Lipinski definition) is 6. The number of fused-ring (bicyclic) bond motifs is 3. The summed E-state index contributed by atoms with van der Waals surface area (Å²) >= 11 is 0. The highest BCUT2D eigenvalue weighted by molar-refractivity contribution is 6.14. The lowest BCUT2D eigenvalue weighted by Gasteiger charge is -2.16. The number of hydrogen-bond donors (Lipinski definition) is 1. The summed E-state index contributed by atoms with van der Waals surface area (Å²) in [7, 11) is 7.31. The van der Waals surface area contributed by atoms with Crippen LogP contribution in [0.3, 0.4) is 0 Å². The van der Waals surface area contributed by atoms with Crippen LogP contribution in [0.1, 0.15) is 27.0 Å². The van der Waals surface area contributed by atoms with Crippen LogP contribution in [-0.4, -0.2) is 52.5 Å². The highest BCUT2D eigenvalue weighted by Gasteiger charge is 2.32. The Hall–Kier alpha value is -3.19. The van der Waals surface area contributed by atoms with E-state index in [2.05, 4.69) is 10.2 Å². The monoisotopic (exact) mass is 396 g/mol. The minimum atomic E-state index is -0.191. The van der Waals surface area contributed by atoms with Gasteiger partial charge in [0.2, 0.25) is 6.79 Å². The van der Waals surface area contributed by atoms with Crippen molar-refractivity contribution in [2.45, 2.75) is 6.42 Å². The molecule has 0 fully saturated rings. The van der Waals surface area contributed by atoms with Crippen LogP contribution in [-0.2, 0) is 6.42 Å². The SMILES string of the molecule is COc1cc(C=C2NC(=O)c3c2ccc2c3OCO2)c(CCN(C)C)cc1OC. The second-order valence-corrected chi connectivity index (χ2v) is 7.19. The predicted octanol–water partition coefficient (Wildman–Crippen LogP) is 2.78. The number of rotatable bonds is 6. The van der Waals surface area contributed by atoms with Crippen molar-refractivity contribution >= 4 is 17.7 Å². The molecule has 1 amide bonds. The number of methoxy groups -OCH3 is 2. The van der Waals surface area contributed by atoms with Crippen molar-refractivity contribution in [3.63, 3.8) is 0 Å². The Morgan fingerprint density at radius 3 is 2.62 bits per heavy atom. The van der Waals surface area contributed by atoms with Gasteiger partial charge in [-0.3, -0.25) is 4.79 Å². The van der Waals surface area contributed by atoms with Crippen molar-refractivity contribution in [3.8, 4) is 23.0 Å². The van der Waals surface area contributed by atoms with E-state index in [1.54, 1.807) is 14.2 Å². The Kier molecular flexibility index (Phi) is 5.07. The Balaban J connectivity index is 1.80. The van der Waals surface area contributed by atoms with Crippen LogP contribution < -0.4 is 24.3 Å². The van der Waals surface area contributed by atoms with Crippen molar-refractivity contribution in [2.75, 3.05) is 41.7 Å².